The first-order chi connectivity index (χ1) is 16.5. The van der Waals surface area contributed by atoms with Crippen LogP contribution in [-0.4, -0.2) is 37.4 Å². The third-order valence-electron chi connectivity index (χ3n) is 5.48. The lowest BCUT2D eigenvalue weighted by Gasteiger charge is -2.15. The SMILES string of the molecule is CCCCCCCCCCCCCCOC(=O)c1ccc(OC)c(N/C(=C/C(=O)O)OCC)c1. The van der Waals surface area contributed by atoms with Gasteiger partial charge in [-0.15, -0.1) is 0 Å². The molecule has 0 aromatic heterocycles. The number of hydrogen-bond acceptors (Lipinski definition) is 6. The molecule has 0 bridgehead atoms. The topological polar surface area (TPSA) is 94.1 Å². The number of rotatable bonds is 20. The molecular formula is C27H43NO6. The van der Waals surface area contributed by atoms with E-state index in [-0.39, 0.29) is 12.5 Å². The standard InChI is InChI=1S/C27H43NO6/c1-4-6-7-8-9-10-11-12-13-14-15-16-19-34-27(31)22-17-18-24(32-3)23(20-22)28-25(33-5-2)21-26(29)30/h17-18,20-21,28H,4-16,19H2,1-3H3,(H,29,30)/b25-21-. The van der Waals surface area contributed by atoms with E-state index in [9.17, 15) is 9.59 Å². The highest BCUT2D eigenvalue weighted by molar-refractivity contribution is 5.91. The number of esters is 1. The maximum atomic E-state index is 12.5. The smallest absolute Gasteiger partial charge is 0.338 e. The summed E-state index contributed by atoms with van der Waals surface area (Å²) in [6, 6.07) is 4.82. The molecule has 0 atom stereocenters. The van der Waals surface area contributed by atoms with Gasteiger partial charge in [-0.05, 0) is 31.5 Å². The van der Waals surface area contributed by atoms with Gasteiger partial charge in [0.1, 0.15) is 5.75 Å². The van der Waals surface area contributed by atoms with E-state index < -0.39 is 11.9 Å². The first-order valence-corrected chi connectivity index (χ1v) is 12.7. The van der Waals surface area contributed by atoms with Crippen LogP contribution in [0.3, 0.4) is 0 Å². The molecule has 0 fully saturated rings. The molecule has 2 N–H and O–H groups in total. The summed E-state index contributed by atoms with van der Waals surface area (Å²) in [5, 5.41) is 11.9. The van der Waals surface area contributed by atoms with Gasteiger partial charge in [-0.2, -0.15) is 0 Å². The fourth-order valence-electron chi connectivity index (χ4n) is 3.64. The second kappa shape index (κ2) is 18.7. The predicted octanol–water partition coefficient (Wildman–Crippen LogP) is 6.93. The molecule has 34 heavy (non-hydrogen) atoms. The van der Waals surface area contributed by atoms with Gasteiger partial charge < -0.3 is 24.6 Å². The van der Waals surface area contributed by atoms with Crippen LogP contribution >= 0.6 is 0 Å². The summed E-state index contributed by atoms with van der Waals surface area (Å²) < 4.78 is 16.0. The second-order valence-corrected chi connectivity index (χ2v) is 8.34. The van der Waals surface area contributed by atoms with E-state index in [1.54, 1.807) is 25.1 Å². The molecule has 0 saturated carbocycles. The average Bonchev–Trinajstić information content (AvgIpc) is 2.81. The van der Waals surface area contributed by atoms with Gasteiger partial charge in [0.25, 0.3) is 0 Å². The molecule has 7 nitrogen and oxygen atoms in total. The zero-order valence-electron chi connectivity index (χ0n) is 21.2. The van der Waals surface area contributed by atoms with Crippen LogP contribution < -0.4 is 10.1 Å². The molecule has 1 aromatic carbocycles. The fraction of sp³-hybridized carbons (Fsp3) is 0.630. The number of carboxylic acid groups (broad SMARTS) is 1. The van der Waals surface area contributed by atoms with Crippen LogP contribution in [-0.2, 0) is 14.3 Å². The van der Waals surface area contributed by atoms with Crippen LogP contribution in [0.2, 0.25) is 0 Å². The Labute approximate surface area is 204 Å². The molecule has 0 radical (unpaired) electrons. The molecule has 0 spiro atoms. The Morgan fingerprint density at radius 3 is 2.00 bits per heavy atom. The number of hydrogen-bond donors (Lipinski definition) is 2. The quantitative estimate of drug-likeness (QED) is 0.0910. The maximum Gasteiger partial charge on any atom is 0.338 e. The number of carbonyl (C=O) groups is 2. The van der Waals surface area contributed by atoms with Gasteiger partial charge in [-0.25, -0.2) is 9.59 Å². The Balaban J connectivity index is 2.36. The van der Waals surface area contributed by atoms with Gasteiger partial charge in [0, 0.05) is 0 Å². The van der Waals surface area contributed by atoms with Crippen LogP contribution in [0.5, 0.6) is 5.75 Å². The molecule has 0 amide bonds. The van der Waals surface area contributed by atoms with Crippen LogP contribution in [0.25, 0.3) is 0 Å². The Kier molecular flexibility index (Phi) is 16.1. The van der Waals surface area contributed by atoms with E-state index in [0.717, 1.165) is 18.9 Å². The molecule has 1 aromatic rings. The van der Waals surface area contributed by atoms with Crippen molar-refractivity contribution in [1.82, 2.24) is 0 Å². The largest absolute Gasteiger partial charge is 0.495 e. The lowest BCUT2D eigenvalue weighted by molar-refractivity contribution is -0.131. The lowest BCUT2D eigenvalue weighted by Crippen LogP contribution is -2.10. The number of unbranched alkanes of at least 4 members (excludes halogenated alkanes) is 11. The van der Waals surface area contributed by atoms with Crippen molar-refractivity contribution in [3.8, 4) is 5.75 Å². The molecular weight excluding hydrogens is 434 g/mol. The first kappa shape index (κ1) is 29.3. The normalized spacial score (nSPS) is 11.2. The van der Waals surface area contributed by atoms with Crippen molar-refractivity contribution in [2.45, 2.75) is 90.9 Å². The molecule has 0 unspecified atom stereocenters. The van der Waals surface area contributed by atoms with E-state index in [1.165, 1.54) is 71.3 Å². The highest BCUT2D eigenvalue weighted by Crippen LogP contribution is 2.27. The molecule has 0 aliphatic carbocycles. The van der Waals surface area contributed by atoms with E-state index in [1.807, 2.05) is 0 Å². The average molecular weight is 478 g/mol. The summed E-state index contributed by atoms with van der Waals surface area (Å²) in [5.74, 6) is -1.06. The summed E-state index contributed by atoms with van der Waals surface area (Å²) >= 11 is 0. The van der Waals surface area contributed by atoms with Crippen molar-refractivity contribution in [2.24, 2.45) is 0 Å². The van der Waals surface area contributed by atoms with Gasteiger partial charge in [0.2, 0.25) is 0 Å². The third kappa shape index (κ3) is 13.1. The number of benzene rings is 1. The van der Waals surface area contributed by atoms with Gasteiger partial charge >= 0.3 is 11.9 Å². The summed E-state index contributed by atoms with van der Waals surface area (Å²) in [7, 11) is 1.49. The summed E-state index contributed by atoms with van der Waals surface area (Å²) in [6.07, 6.45) is 15.9. The van der Waals surface area contributed by atoms with Crippen molar-refractivity contribution in [3.05, 3.63) is 35.7 Å². The number of carboxylic acids is 1. The van der Waals surface area contributed by atoms with E-state index >= 15 is 0 Å². The summed E-state index contributed by atoms with van der Waals surface area (Å²) in [6.45, 7) is 4.67. The number of ether oxygens (including phenoxy) is 3. The van der Waals surface area contributed by atoms with Crippen LogP contribution in [0.1, 0.15) is 101 Å². The second-order valence-electron chi connectivity index (χ2n) is 8.34. The number of carbonyl (C=O) groups excluding carboxylic acids is 1. The highest BCUT2D eigenvalue weighted by Gasteiger charge is 2.13. The van der Waals surface area contributed by atoms with Gasteiger partial charge in [-0.1, -0.05) is 77.6 Å². The Morgan fingerprint density at radius 2 is 1.47 bits per heavy atom. The highest BCUT2D eigenvalue weighted by atomic mass is 16.5. The molecule has 1 rings (SSSR count). The Morgan fingerprint density at radius 1 is 0.882 bits per heavy atom. The van der Waals surface area contributed by atoms with Gasteiger partial charge in [0.05, 0.1) is 37.7 Å². The minimum atomic E-state index is -1.15. The van der Waals surface area contributed by atoms with Crippen LogP contribution in [0.15, 0.2) is 30.2 Å². The number of methoxy groups -OCH3 is 1. The van der Waals surface area contributed by atoms with Crippen LogP contribution in [0, 0.1) is 0 Å². The minimum Gasteiger partial charge on any atom is -0.495 e. The Bertz CT molecular complexity index is 747. The molecule has 0 aliphatic rings. The summed E-state index contributed by atoms with van der Waals surface area (Å²) in [5.41, 5.74) is 0.775. The maximum absolute atomic E-state index is 12.5. The van der Waals surface area contributed by atoms with Crippen molar-refractivity contribution >= 4 is 17.6 Å². The van der Waals surface area contributed by atoms with E-state index in [2.05, 4.69) is 12.2 Å². The predicted molar refractivity (Wildman–Crippen MR) is 135 cm³/mol. The van der Waals surface area contributed by atoms with Crippen molar-refractivity contribution in [2.75, 3.05) is 25.6 Å². The Hall–Kier alpha value is -2.70. The molecule has 192 valence electrons. The molecule has 7 heteroatoms. The zero-order valence-corrected chi connectivity index (χ0v) is 21.2. The minimum absolute atomic E-state index is 0.0512. The van der Waals surface area contributed by atoms with Gasteiger partial charge in [-0.3, -0.25) is 0 Å². The zero-order chi connectivity index (χ0) is 25.0. The molecule has 0 heterocycles. The summed E-state index contributed by atoms with van der Waals surface area (Å²) in [4.78, 5) is 23.5. The van der Waals surface area contributed by atoms with E-state index in [0.29, 0.717) is 23.6 Å². The third-order valence-corrected chi connectivity index (χ3v) is 5.48. The van der Waals surface area contributed by atoms with Crippen LogP contribution in [0.4, 0.5) is 5.69 Å². The van der Waals surface area contributed by atoms with Crippen molar-refractivity contribution < 1.29 is 28.9 Å². The lowest BCUT2D eigenvalue weighted by atomic mass is 10.1. The van der Waals surface area contributed by atoms with Gasteiger partial charge in [0.15, 0.2) is 5.88 Å². The van der Waals surface area contributed by atoms with E-state index in [4.69, 9.17) is 19.3 Å². The number of nitrogens with one attached hydrogen (secondary N) is 1. The first-order valence-electron chi connectivity index (χ1n) is 12.7. The number of aliphatic carboxylic acids is 1. The monoisotopic (exact) mass is 477 g/mol. The van der Waals surface area contributed by atoms with Crippen molar-refractivity contribution in [1.29, 1.82) is 0 Å². The fourth-order valence-corrected chi connectivity index (χ4v) is 3.64. The molecule has 0 saturated heterocycles. The van der Waals surface area contributed by atoms with Crippen molar-refractivity contribution in [3.63, 3.8) is 0 Å². The molecule has 0 aliphatic heterocycles. The number of anilines is 1.